The summed E-state index contributed by atoms with van der Waals surface area (Å²) in [7, 11) is 0. The minimum absolute atomic E-state index is 0.0494. The van der Waals surface area contributed by atoms with Gasteiger partial charge >= 0.3 is 5.97 Å². The summed E-state index contributed by atoms with van der Waals surface area (Å²) in [6.07, 6.45) is 0. The highest BCUT2D eigenvalue weighted by Gasteiger charge is 2.12. The lowest BCUT2D eigenvalue weighted by Gasteiger charge is -2.05. The quantitative estimate of drug-likeness (QED) is 0.651. The highest BCUT2D eigenvalue weighted by molar-refractivity contribution is 5.89. The van der Waals surface area contributed by atoms with Crippen molar-refractivity contribution < 1.29 is 19.9 Å². The van der Waals surface area contributed by atoms with E-state index in [1.54, 1.807) is 6.07 Å². The van der Waals surface area contributed by atoms with Crippen LogP contribution in [0.3, 0.4) is 0 Å². The topological polar surface area (TPSA) is 101 Å². The van der Waals surface area contributed by atoms with Crippen LogP contribution in [0.1, 0.15) is 10.4 Å². The number of carboxylic acids is 1. The van der Waals surface area contributed by atoms with E-state index in [2.05, 4.69) is 0 Å². The molecule has 2 aromatic carbocycles. The molecular weight excluding hydrogens is 250 g/mol. The maximum atomic E-state index is 10.7. The third kappa shape index (κ3) is 2.52. The van der Waals surface area contributed by atoms with Crippen molar-refractivity contribution in [2.24, 2.45) is 0 Å². The Morgan fingerprint density at radius 1 is 1.16 bits per heavy atom. The van der Waals surface area contributed by atoms with Crippen molar-refractivity contribution in [1.82, 2.24) is 0 Å². The zero-order valence-electron chi connectivity index (χ0n) is 9.61. The van der Waals surface area contributed by atoms with Crippen molar-refractivity contribution in [1.29, 1.82) is 0 Å². The van der Waals surface area contributed by atoms with Crippen molar-refractivity contribution >= 4 is 11.7 Å². The number of phenols is 1. The molecule has 0 spiro atoms. The molecule has 0 heterocycles. The maximum Gasteiger partial charge on any atom is 0.335 e. The van der Waals surface area contributed by atoms with Gasteiger partial charge in [-0.3, -0.25) is 10.1 Å². The number of nitro benzene ring substituents is 1. The van der Waals surface area contributed by atoms with Crippen LogP contribution < -0.4 is 0 Å². The summed E-state index contributed by atoms with van der Waals surface area (Å²) < 4.78 is 0. The molecule has 6 heteroatoms. The molecular formula is C13H9NO5. The summed E-state index contributed by atoms with van der Waals surface area (Å²) in [5.74, 6) is -1.39. The number of aromatic carboxylic acids is 1. The van der Waals surface area contributed by atoms with Gasteiger partial charge in [0.05, 0.1) is 10.5 Å². The van der Waals surface area contributed by atoms with E-state index < -0.39 is 10.9 Å². The number of non-ortho nitro benzene ring substituents is 1. The van der Waals surface area contributed by atoms with E-state index in [1.165, 1.54) is 30.3 Å². The number of hydrogen-bond donors (Lipinski definition) is 2. The van der Waals surface area contributed by atoms with E-state index >= 15 is 0 Å². The van der Waals surface area contributed by atoms with E-state index in [4.69, 9.17) is 5.11 Å². The average molecular weight is 259 g/mol. The minimum atomic E-state index is -1.15. The van der Waals surface area contributed by atoms with Gasteiger partial charge in [-0.1, -0.05) is 12.1 Å². The Morgan fingerprint density at radius 3 is 2.47 bits per heavy atom. The molecule has 0 aliphatic carbocycles. The first-order chi connectivity index (χ1) is 8.99. The minimum Gasteiger partial charge on any atom is -0.507 e. The molecule has 2 N–H and O–H groups in total. The number of carboxylic acid groups (broad SMARTS) is 1. The zero-order chi connectivity index (χ0) is 14.0. The Hall–Kier alpha value is -2.89. The van der Waals surface area contributed by atoms with Crippen LogP contribution in [0.15, 0.2) is 42.5 Å². The van der Waals surface area contributed by atoms with Crippen LogP contribution in [0.4, 0.5) is 5.69 Å². The van der Waals surface area contributed by atoms with Crippen LogP contribution in [0.2, 0.25) is 0 Å². The van der Waals surface area contributed by atoms with Crippen LogP contribution >= 0.6 is 0 Å². The molecule has 96 valence electrons. The van der Waals surface area contributed by atoms with Crippen molar-refractivity contribution in [3.05, 3.63) is 58.1 Å². The second-order valence-electron chi connectivity index (χ2n) is 3.84. The van der Waals surface area contributed by atoms with Gasteiger partial charge in [0, 0.05) is 17.7 Å². The molecule has 0 bridgehead atoms. The molecule has 2 rings (SSSR count). The molecule has 0 radical (unpaired) electrons. The molecule has 0 atom stereocenters. The van der Waals surface area contributed by atoms with Crippen molar-refractivity contribution in [3.8, 4) is 16.9 Å². The molecule has 2 aromatic rings. The first-order valence-corrected chi connectivity index (χ1v) is 5.30. The van der Waals surface area contributed by atoms with Gasteiger partial charge in [0.25, 0.3) is 5.69 Å². The number of benzene rings is 2. The number of rotatable bonds is 3. The van der Waals surface area contributed by atoms with E-state index in [9.17, 15) is 20.0 Å². The van der Waals surface area contributed by atoms with Crippen LogP contribution in [0, 0.1) is 10.1 Å². The molecule has 0 fully saturated rings. The summed E-state index contributed by atoms with van der Waals surface area (Å²) >= 11 is 0. The van der Waals surface area contributed by atoms with Gasteiger partial charge in [-0.25, -0.2) is 4.79 Å². The lowest BCUT2D eigenvalue weighted by atomic mass is 10.0. The molecule has 0 aliphatic heterocycles. The number of hydrogen-bond acceptors (Lipinski definition) is 4. The number of phenolic OH excluding ortho intramolecular Hbond substituents is 1. The SMILES string of the molecule is O=C(O)c1ccc(-c2cccc([N+](=O)[O-])c2)c(O)c1. The monoisotopic (exact) mass is 259 g/mol. The first-order valence-electron chi connectivity index (χ1n) is 5.30. The highest BCUT2D eigenvalue weighted by atomic mass is 16.6. The van der Waals surface area contributed by atoms with Gasteiger partial charge in [0.15, 0.2) is 0 Å². The fourth-order valence-electron chi connectivity index (χ4n) is 1.70. The second kappa shape index (κ2) is 4.77. The van der Waals surface area contributed by atoms with Crippen LogP contribution in [-0.4, -0.2) is 21.1 Å². The number of nitrogens with zero attached hydrogens (tertiary/aromatic N) is 1. The van der Waals surface area contributed by atoms with E-state index in [0.29, 0.717) is 11.1 Å². The molecule has 0 saturated carbocycles. The molecule has 0 amide bonds. The van der Waals surface area contributed by atoms with Gasteiger partial charge in [-0.15, -0.1) is 0 Å². The Kier molecular flexibility index (Phi) is 3.15. The summed E-state index contributed by atoms with van der Waals surface area (Å²) in [6, 6.07) is 9.60. The normalized spacial score (nSPS) is 10.1. The molecule has 0 aromatic heterocycles. The molecule has 0 unspecified atom stereocenters. The van der Waals surface area contributed by atoms with E-state index in [1.807, 2.05) is 0 Å². The standard InChI is InChI=1S/C13H9NO5/c15-12-7-9(13(16)17)4-5-11(12)8-2-1-3-10(6-8)14(18)19/h1-7,15H,(H,16,17). The summed E-state index contributed by atoms with van der Waals surface area (Å²) in [5, 5.41) is 29.3. The van der Waals surface area contributed by atoms with Gasteiger partial charge in [-0.05, 0) is 23.8 Å². The Balaban J connectivity index is 2.50. The van der Waals surface area contributed by atoms with Gasteiger partial charge in [0.2, 0.25) is 0 Å². The van der Waals surface area contributed by atoms with Gasteiger partial charge in [0.1, 0.15) is 5.75 Å². The predicted octanol–water partition coefficient (Wildman–Crippen LogP) is 2.67. The summed E-state index contributed by atoms with van der Waals surface area (Å²) in [5.41, 5.74) is 0.642. The van der Waals surface area contributed by atoms with Crippen LogP contribution in [0.5, 0.6) is 5.75 Å². The van der Waals surface area contributed by atoms with Crippen LogP contribution in [-0.2, 0) is 0 Å². The van der Waals surface area contributed by atoms with Gasteiger partial charge in [-0.2, -0.15) is 0 Å². The van der Waals surface area contributed by atoms with Crippen molar-refractivity contribution in [2.45, 2.75) is 0 Å². The highest BCUT2D eigenvalue weighted by Crippen LogP contribution is 2.31. The Morgan fingerprint density at radius 2 is 1.89 bits per heavy atom. The number of carbonyl (C=O) groups is 1. The molecule has 0 saturated heterocycles. The lowest BCUT2D eigenvalue weighted by Crippen LogP contribution is -1.95. The van der Waals surface area contributed by atoms with Crippen LogP contribution in [0.25, 0.3) is 11.1 Å². The van der Waals surface area contributed by atoms with E-state index in [-0.39, 0.29) is 17.0 Å². The zero-order valence-corrected chi connectivity index (χ0v) is 9.61. The third-order valence-corrected chi connectivity index (χ3v) is 2.61. The lowest BCUT2D eigenvalue weighted by molar-refractivity contribution is -0.384. The largest absolute Gasteiger partial charge is 0.507 e. The summed E-state index contributed by atoms with van der Waals surface area (Å²) in [4.78, 5) is 20.9. The number of nitro groups is 1. The number of aromatic hydroxyl groups is 1. The fraction of sp³-hybridized carbons (Fsp3) is 0. The molecule has 6 nitrogen and oxygen atoms in total. The first kappa shape index (κ1) is 12.6. The second-order valence-corrected chi connectivity index (χ2v) is 3.84. The average Bonchev–Trinajstić information content (AvgIpc) is 2.38. The maximum absolute atomic E-state index is 10.7. The van der Waals surface area contributed by atoms with Gasteiger partial charge < -0.3 is 10.2 Å². The summed E-state index contributed by atoms with van der Waals surface area (Å²) in [6.45, 7) is 0. The third-order valence-electron chi connectivity index (χ3n) is 2.61. The van der Waals surface area contributed by atoms with Crippen molar-refractivity contribution in [3.63, 3.8) is 0 Å². The molecule has 19 heavy (non-hydrogen) atoms. The Bertz CT molecular complexity index is 666. The smallest absolute Gasteiger partial charge is 0.335 e. The predicted molar refractivity (Wildman–Crippen MR) is 67.2 cm³/mol. The van der Waals surface area contributed by atoms with E-state index in [0.717, 1.165) is 6.07 Å². The van der Waals surface area contributed by atoms with Crippen molar-refractivity contribution in [2.75, 3.05) is 0 Å². The Labute approximate surface area is 107 Å². The fourth-order valence-corrected chi connectivity index (χ4v) is 1.70. The molecule has 0 aliphatic rings.